The summed E-state index contributed by atoms with van der Waals surface area (Å²) >= 11 is 3.60. The first-order valence-corrected chi connectivity index (χ1v) is 10.3. The van der Waals surface area contributed by atoms with Crippen molar-refractivity contribution < 1.29 is 0 Å². The minimum atomic E-state index is 0.304. The summed E-state index contributed by atoms with van der Waals surface area (Å²) in [7, 11) is 0. The number of nitrogens with zero attached hydrogens (tertiary/aromatic N) is 4. The van der Waals surface area contributed by atoms with Gasteiger partial charge in [-0.05, 0) is 82.2 Å². The molecule has 4 rings (SSSR count). The van der Waals surface area contributed by atoms with Crippen molar-refractivity contribution in [2.24, 2.45) is 5.92 Å². The van der Waals surface area contributed by atoms with Crippen molar-refractivity contribution in [3.05, 3.63) is 52.2 Å². The lowest BCUT2D eigenvalue weighted by Crippen LogP contribution is -2.33. The summed E-state index contributed by atoms with van der Waals surface area (Å²) in [6, 6.07) is 4.31. The Kier molecular flexibility index (Phi) is 4.75. The van der Waals surface area contributed by atoms with Crippen molar-refractivity contribution >= 4 is 32.8 Å². The Balaban J connectivity index is 1.93. The van der Waals surface area contributed by atoms with Crippen LogP contribution in [0.15, 0.2) is 22.8 Å². The Bertz CT molecular complexity index is 990. The maximum Gasteiger partial charge on any atom is 0.150 e. The van der Waals surface area contributed by atoms with E-state index in [1.54, 1.807) is 0 Å². The zero-order chi connectivity index (χ0) is 19.3. The number of hydrogen-bond acceptors (Lipinski definition) is 3. The van der Waals surface area contributed by atoms with Crippen molar-refractivity contribution in [2.75, 3.05) is 18.0 Å². The Morgan fingerprint density at radius 3 is 2.26 bits per heavy atom. The summed E-state index contributed by atoms with van der Waals surface area (Å²) in [4.78, 5) is 12.0. The van der Waals surface area contributed by atoms with Crippen LogP contribution in [0, 0.1) is 40.5 Å². The first kappa shape index (κ1) is 18.5. The molecular formula is C22H25BrN4. The van der Waals surface area contributed by atoms with E-state index in [0.717, 1.165) is 53.1 Å². The second-order valence-electron chi connectivity index (χ2n) is 7.69. The normalized spacial score (nSPS) is 15.7. The molecule has 0 aliphatic carbocycles. The van der Waals surface area contributed by atoms with Crippen molar-refractivity contribution in [3.8, 4) is 5.69 Å². The van der Waals surface area contributed by atoms with E-state index < -0.39 is 0 Å². The van der Waals surface area contributed by atoms with Crippen LogP contribution >= 0.6 is 15.9 Å². The van der Waals surface area contributed by atoms with E-state index in [1.807, 2.05) is 6.92 Å². The summed E-state index contributed by atoms with van der Waals surface area (Å²) < 4.78 is 3.33. The second kappa shape index (κ2) is 6.93. The van der Waals surface area contributed by atoms with Gasteiger partial charge in [-0.2, -0.15) is 0 Å². The molecule has 1 aliphatic rings. The Morgan fingerprint density at radius 2 is 1.63 bits per heavy atom. The number of anilines is 1. The largest absolute Gasteiger partial charge is 0.356 e. The van der Waals surface area contributed by atoms with Gasteiger partial charge in [0.1, 0.15) is 11.6 Å². The molecule has 0 spiro atoms. The number of hydrogen-bond donors (Lipinski definition) is 0. The summed E-state index contributed by atoms with van der Waals surface area (Å²) in [5.74, 6) is 2.16. The molecule has 2 radical (unpaired) electrons. The van der Waals surface area contributed by atoms with Gasteiger partial charge in [-0.25, -0.2) is 9.97 Å². The molecule has 0 saturated carbocycles. The van der Waals surface area contributed by atoms with Gasteiger partial charge in [0, 0.05) is 23.8 Å². The SMILES string of the molecule is [CH]C1CCN(c2nc(C)nc3c2c(C)cn3-c2c(C)cc(Br)cc2C)CC1. The standard InChI is InChI=1S/C22H25BrN4/c1-13-6-8-26(9-7-13)21-19-16(4)12-27(22(19)25-17(5)24-21)20-14(2)10-18(23)11-15(20)3/h1,10-13H,6-9H2,2-5H3. The van der Waals surface area contributed by atoms with Crippen LogP contribution in [0.5, 0.6) is 0 Å². The van der Waals surface area contributed by atoms with Crippen LogP contribution in [0.25, 0.3) is 16.7 Å². The van der Waals surface area contributed by atoms with Crippen LogP contribution in [0.1, 0.15) is 35.4 Å². The molecule has 1 aliphatic heterocycles. The number of halogens is 1. The van der Waals surface area contributed by atoms with E-state index in [4.69, 9.17) is 16.9 Å². The molecular weight excluding hydrogens is 400 g/mol. The molecule has 0 amide bonds. The average Bonchev–Trinajstić information content (AvgIpc) is 2.90. The highest BCUT2D eigenvalue weighted by Crippen LogP contribution is 2.34. The Labute approximate surface area is 169 Å². The van der Waals surface area contributed by atoms with Gasteiger partial charge in [0.2, 0.25) is 0 Å². The van der Waals surface area contributed by atoms with E-state index in [0.29, 0.717) is 5.92 Å². The number of benzene rings is 1. The number of fused-ring (bicyclic) bond motifs is 1. The Hall–Kier alpha value is -1.88. The molecule has 0 bridgehead atoms. The average molecular weight is 425 g/mol. The molecule has 1 fully saturated rings. The first-order chi connectivity index (χ1) is 12.8. The van der Waals surface area contributed by atoms with E-state index in [-0.39, 0.29) is 0 Å². The monoisotopic (exact) mass is 424 g/mol. The predicted octanol–water partition coefficient (Wildman–Crippen LogP) is 5.34. The minimum Gasteiger partial charge on any atom is -0.356 e. The van der Waals surface area contributed by atoms with Crippen LogP contribution in [0.4, 0.5) is 5.82 Å². The van der Waals surface area contributed by atoms with Gasteiger partial charge in [-0.3, -0.25) is 0 Å². The van der Waals surface area contributed by atoms with Crippen molar-refractivity contribution in [2.45, 2.75) is 40.5 Å². The first-order valence-electron chi connectivity index (χ1n) is 9.49. The topological polar surface area (TPSA) is 34.0 Å². The maximum absolute atomic E-state index is 6.11. The highest BCUT2D eigenvalue weighted by atomic mass is 79.9. The van der Waals surface area contributed by atoms with E-state index in [1.165, 1.54) is 22.4 Å². The molecule has 0 unspecified atom stereocenters. The van der Waals surface area contributed by atoms with Gasteiger partial charge in [0.05, 0.1) is 11.1 Å². The summed E-state index contributed by atoms with van der Waals surface area (Å²) in [5.41, 5.74) is 5.83. The summed E-state index contributed by atoms with van der Waals surface area (Å²) in [6.45, 7) is 16.4. The lowest BCUT2D eigenvalue weighted by atomic mass is 9.99. The fraction of sp³-hybridized carbons (Fsp3) is 0.409. The van der Waals surface area contributed by atoms with E-state index in [9.17, 15) is 0 Å². The highest BCUT2D eigenvalue weighted by molar-refractivity contribution is 9.10. The quantitative estimate of drug-likeness (QED) is 0.556. The third kappa shape index (κ3) is 3.27. The van der Waals surface area contributed by atoms with Crippen LogP contribution in [-0.4, -0.2) is 27.6 Å². The molecule has 4 nitrogen and oxygen atoms in total. The van der Waals surface area contributed by atoms with Crippen LogP contribution in [0.2, 0.25) is 0 Å². The number of piperidine rings is 1. The van der Waals surface area contributed by atoms with E-state index >= 15 is 0 Å². The van der Waals surface area contributed by atoms with Gasteiger partial charge >= 0.3 is 0 Å². The lowest BCUT2D eigenvalue weighted by molar-refractivity contribution is 0.474. The summed E-state index contributed by atoms with van der Waals surface area (Å²) in [6.07, 6.45) is 4.21. The van der Waals surface area contributed by atoms with E-state index in [2.05, 4.69) is 64.5 Å². The van der Waals surface area contributed by atoms with Crippen molar-refractivity contribution in [3.63, 3.8) is 0 Å². The van der Waals surface area contributed by atoms with Gasteiger partial charge in [0.15, 0.2) is 5.65 Å². The van der Waals surface area contributed by atoms with Gasteiger partial charge in [-0.1, -0.05) is 15.9 Å². The molecule has 1 aromatic carbocycles. The predicted molar refractivity (Wildman–Crippen MR) is 115 cm³/mol. The number of rotatable bonds is 2. The van der Waals surface area contributed by atoms with Gasteiger partial charge in [0.25, 0.3) is 0 Å². The minimum absolute atomic E-state index is 0.304. The third-order valence-electron chi connectivity index (χ3n) is 5.46. The fourth-order valence-electron chi connectivity index (χ4n) is 4.18. The van der Waals surface area contributed by atoms with Crippen molar-refractivity contribution in [1.29, 1.82) is 0 Å². The zero-order valence-electron chi connectivity index (χ0n) is 16.4. The maximum atomic E-state index is 6.11. The molecule has 2 aromatic heterocycles. The fourth-order valence-corrected chi connectivity index (χ4v) is 4.87. The molecule has 5 heteroatoms. The molecule has 1 saturated heterocycles. The third-order valence-corrected chi connectivity index (χ3v) is 5.92. The van der Waals surface area contributed by atoms with Gasteiger partial charge in [-0.15, -0.1) is 0 Å². The van der Waals surface area contributed by atoms with Crippen LogP contribution < -0.4 is 4.90 Å². The molecule has 0 N–H and O–H groups in total. The second-order valence-corrected chi connectivity index (χ2v) is 8.60. The van der Waals surface area contributed by atoms with Crippen molar-refractivity contribution in [1.82, 2.24) is 14.5 Å². The van der Waals surface area contributed by atoms with Crippen LogP contribution in [-0.2, 0) is 0 Å². The smallest absolute Gasteiger partial charge is 0.150 e. The van der Waals surface area contributed by atoms with Crippen LogP contribution in [0.3, 0.4) is 0 Å². The number of aryl methyl sites for hydroxylation is 4. The highest BCUT2D eigenvalue weighted by Gasteiger charge is 2.23. The molecule has 140 valence electrons. The number of aromatic nitrogens is 3. The zero-order valence-corrected chi connectivity index (χ0v) is 18.0. The molecule has 27 heavy (non-hydrogen) atoms. The molecule has 3 heterocycles. The van der Waals surface area contributed by atoms with Gasteiger partial charge < -0.3 is 9.47 Å². The molecule has 0 atom stereocenters. The Morgan fingerprint density at radius 1 is 1.00 bits per heavy atom. The molecule has 3 aromatic rings. The summed E-state index contributed by atoms with van der Waals surface area (Å²) in [5, 5.41) is 1.15. The lowest BCUT2D eigenvalue weighted by Gasteiger charge is -2.31.